The van der Waals surface area contributed by atoms with Gasteiger partial charge in [0.15, 0.2) is 0 Å². The molecule has 1 spiro atoms. The Labute approximate surface area is 587 Å². The molecule has 542 valence electrons. The molecule has 0 radical (unpaired) electrons. The number of halogens is 7. The van der Waals surface area contributed by atoms with Gasteiger partial charge in [-0.1, -0.05) is 103 Å². The smallest absolute Gasteiger partial charge is 0.416 e. The minimum atomic E-state index is -5.15. The highest BCUT2D eigenvalue weighted by molar-refractivity contribution is 5.96. The van der Waals surface area contributed by atoms with Crippen LogP contribution < -0.4 is 4.90 Å². The summed E-state index contributed by atoms with van der Waals surface area (Å²) in [6, 6.07) is 39.8. The highest BCUT2D eigenvalue weighted by Gasteiger charge is 2.50. The fraction of sp³-hybridized carbons (Fsp3) is 0.474. The third-order valence-electron chi connectivity index (χ3n) is 21.0. The summed E-state index contributed by atoms with van der Waals surface area (Å²) >= 11 is 0. The van der Waals surface area contributed by atoms with Crippen molar-refractivity contribution in [2.45, 2.75) is 133 Å². The summed E-state index contributed by atoms with van der Waals surface area (Å²) in [5.74, 6) is -1.80. The second kappa shape index (κ2) is 33.3. The Kier molecular flexibility index (Phi) is 24.9. The molecule has 3 aliphatic heterocycles. The molecule has 5 amide bonds. The zero-order chi connectivity index (χ0) is 72.2. The molecule has 3 heterocycles. The number of likely N-dealkylation sites (N-methyl/N-ethyl adjacent to an activating group) is 2. The van der Waals surface area contributed by atoms with Crippen molar-refractivity contribution >= 4 is 35.4 Å². The lowest BCUT2D eigenvalue weighted by atomic mass is 9.72. The average Bonchev–Trinajstić information content (AvgIpc) is 1.61. The molecule has 3 saturated heterocycles. The Morgan fingerprint density at radius 3 is 1.94 bits per heavy atom. The van der Waals surface area contributed by atoms with Crippen LogP contribution >= 0.6 is 0 Å². The maximum Gasteiger partial charge on any atom is 0.416 e. The minimum Gasteiger partial charge on any atom is -0.465 e. The topological polar surface area (TPSA) is 150 Å². The number of anilines is 1. The van der Waals surface area contributed by atoms with Crippen LogP contribution in [0.15, 0.2) is 146 Å². The van der Waals surface area contributed by atoms with Crippen LogP contribution in [0.25, 0.3) is 11.1 Å². The molecular weight excluding hydrogens is 1310 g/mol. The second-order valence-corrected chi connectivity index (χ2v) is 27.9. The van der Waals surface area contributed by atoms with Crippen LogP contribution in [-0.2, 0) is 55.4 Å². The van der Waals surface area contributed by atoms with Gasteiger partial charge in [0.1, 0.15) is 24.8 Å². The van der Waals surface area contributed by atoms with Gasteiger partial charge in [-0.3, -0.25) is 29.0 Å². The molecule has 0 aromatic heterocycles. The lowest BCUT2D eigenvalue weighted by Crippen LogP contribution is -2.50. The first kappa shape index (κ1) is 75.4. The SMILES string of the molecule is CC(C)N(CCCCCC(=O)N(C)CCN1CCC(N(C(=O)O)c2ccccc2-c2ccccc2)CC1)Cc1ccc(C(=O)N(C)CCCN(C)C(=O)CO[C@H]2Cc3ccccc3C23CCN(CC[C@@]2(c4ccc(F)cc4)CN(C(=O)c4cc(C(F)(F)F)cc(C(F)(F)F)c4)CO2)CC3)cc1. The predicted molar refractivity (Wildman–Crippen MR) is 373 cm³/mol. The molecule has 0 unspecified atom stereocenters. The Bertz CT molecular complexity index is 3760. The first-order valence-corrected chi connectivity index (χ1v) is 35.1. The fourth-order valence-electron chi connectivity index (χ4n) is 14.9. The van der Waals surface area contributed by atoms with Gasteiger partial charge in [-0.15, -0.1) is 0 Å². The molecular formula is C78H93F7N8O8. The number of hydrogen-bond donors (Lipinski definition) is 1. The summed E-state index contributed by atoms with van der Waals surface area (Å²) in [6.07, 6.45) is -4.27. The summed E-state index contributed by atoms with van der Waals surface area (Å²) < 4.78 is 110. The number of rotatable bonds is 28. The van der Waals surface area contributed by atoms with Gasteiger partial charge in [0.2, 0.25) is 11.8 Å². The van der Waals surface area contributed by atoms with Crippen molar-refractivity contribution in [1.82, 2.24) is 34.3 Å². The van der Waals surface area contributed by atoms with Gasteiger partial charge >= 0.3 is 18.4 Å². The number of alkyl halides is 6. The van der Waals surface area contributed by atoms with E-state index in [9.17, 15) is 59.8 Å². The van der Waals surface area contributed by atoms with Crippen LogP contribution in [0.2, 0.25) is 0 Å². The molecule has 10 rings (SSSR count). The first-order valence-electron chi connectivity index (χ1n) is 35.1. The largest absolute Gasteiger partial charge is 0.465 e. The Morgan fingerprint density at radius 2 is 1.28 bits per heavy atom. The van der Waals surface area contributed by atoms with Crippen molar-refractivity contribution in [2.75, 3.05) is 111 Å². The molecule has 3 fully saturated rings. The zero-order valence-corrected chi connectivity index (χ0v) is 58.3. The molecule has 6 aromatic carbocycles. The molecule has 1 N–H and O–H groups in total. The number of ether oxygens (including phenoxy) is 2. The Balaban J connectivity index is 0.626. The number of benzene rings is 6. The minimum absolute atomic E-state index is 0.0274. The van der Waals surface area contributed by atoms with Crippen LogP contribution in [0.4, 0.5) is 41.2 Å². The average molecular weight is 1400 g/mol. The van der Waals surface area contributed by atoms with Gasteiger partial charge < -0.3 is 44.0 Å². The number of piperidine rings is 2. The van der Waals surface area contributed by atoms with Crippen LogP contribution in [0, 0.1) is 5.82 Å². The molecule has 101 heavy (non-hydrogen) atoms. The summed E-state index contributed by atoms with van der Waals surface area (Å²) in [6.45, 7) is 10.4. The van der Waals surface area contributed by atoms with Gasteiger partial charge in [0, 0.05) is 114 Å². The molecule has 1 aliphatic carbocycles. The van der Waals surface area contributed by atoms with Crippen LogP contribution in [0.5, 0.6) is 0 Å². The van der Waals surface area contributed by atoms with Crippen molar-refractivity contribution in [3.63, 3.8) is 0 Å². The summed E-state index contributed by atoms with van der Waals surface area (Å²) in [7, 11) is 5.34. The van der Waals surface area contributed by atoms with Crippen molar-refractivity contribution in [3.8, 4) is 11.1 Å². The third kappa shape index (κ3) is 18.7. The van der Waals surface area contributed by atoms with E-state index in [1.165, 1.54) is 29.2 Å². The summed E-state index contributed by atoms with van der Waals surface area (Å²) in [5.41, 5.74) is 1.33. The number of amides is 5. The number of para-hydroxylation sites is 1. The molecule has 4 aliphatic rings. The maximum atomic E-state index is 14.3. The standard InChI is InChI=1S/C78H93F7N8O8/c1-55(2)91(39-15-7-10-23-70(94)87(4)45-46-89-40-32-65(33-41-89)93(74(98)99)68-22-14-12-20-66(68)57-17-8-6-9-18-57)51-56-24-26-58(27-25-56)72(96)88(5)38-16-37-86(3)71(95)52-100-69-49-59-19-11-13-21-67(59)75(69)34-42-90(43-35-75)44-36-76(61-28-30-64(79)31-29-61)53-92(54-101-76)73(97)60-47-62(77(80,81)82)50-63(48-60)78(83,84)85/h6,8-9,11-14,17-22,24-31,47-48,50,55,65,69H,7,10,15-16,23,32-46,49,51-54H2,1-5H3,(H,98,99)/t69-,76-/m0/s1. The maximum absolute atomic E-state index is 14.3. The normalized spacial score (nSPS) is 18.1. The van der Waals surface area contributed by atoms with E-state index in [-0.39, 0.29) is 61.5 Å². The monoisotopic (exact) mass is 1400 g/mol. The molecule has 23 heteroatoms. The predicted octanol–water partition coefficient (Wildman–Crippen LogP) is 13.7. The van der Waals surface area contributed by atoms with Crippen molar-refractivity contribution in [3.05, 3.63) is 196 Å². The number of nitrogens with zero attached hydrogens (tertiary/aromatic N) is 8. The fourth-order valence-corrected chi connectivity index (χ4v) is 14.9. The molecule has 0 saturated carbocycles. The lowest BCUT2D eigenvalue weighted by Gasteiger charge is -2.44. The van der Waals surface area contributed by atoms with E-state index in [1.807, 2.05) is 103 Å². The molecule has 6 aromatic rings. The number of carbonyl (C=O) groups is 5. The highest BCUT2D eigenvalue weighted by Crippen LogP contribution is 2.49. The number of unbranched alkanes of at least 4 members (excludes halogenated alkanes) is 2. The van der Waals surface area contributed by atoms with E-state index in [0.717, 1.165) is 78.2 Å². The Hall–Kier alpha value is -8.22. The van der Waals surface area contributed by atoms with Crippen molar-refractivity contribution < 1.29 is 69.3 Å². The van der Waals surface area contributed by atoms with Gasteiger partial charge in [0.05, 0.1) is 29.5 Å². The number of likely N-dealkylation sites (tertiary alicyclic amines) is 2. The Morgan fingerprint density at radius 1 is 0.653 bits per heavy atom. The third-order valence-corrected chi connectivity index (χ3v) is 21.0. The second-order valence-electron chi connectivity index (χ2n) is 27.9. The van der Waals surface area contributed by atoms with Crippen molar-refractivity contribution in [1.29, 1.82) is 0 Å². The van der Waals surface area contributed by atoms with E-state index in [0.29, 0.717) is 120 Å². The highest BCUT2D eigenvalue weighted by atomic mass is 19.4. The summed E-state index contributed by atoms with van der Waals surface area (Å²) in [4.78, 5) is 81.7. The number of fused-ring (bicyclic) bond motifs is 2. The van der Waals surface area contributed by atoms with E-state index in [1.54, 1.807) is 23.9 Å². The van der Waals surface area contributed by atoms with Gasteiger partial charge in [0.25, 0.3) is 11.8 Å². The van der Waals surface area contributed by atoms with Gasteiger partial charge in [-0.2, -0.15) is 26.3 Å². The zero-order valence-electron chi connectivity index (χ0n) is 58.3. The number of hydrogen-bond acceptors (Lipinski definition) is 10. The molecule has 0 bridgehead atoms. The van der Waals surface area contributed by atoms with Gasteiger partial charge in [-0.05, 0) is 168 Å². The van der Waals surface area contributed by atoms with E-state index in [4.69, 9.17) is 9.47 Å². The van der Waals surface area contributed by atoms with Crippen molar-refractivity contribution in [2.24, 2.45) is 0 Å². The van der Waals surface area contributed by atoms with E-state index < -0.39 is 64.6 Å². The first-order chi connectivity index (χ1) is 48.2. The van der Waals surface area contributed by atoms with E-state index in [2.05, 4.69) is 40.7 Å². The van der Waals surface area contributed by atoms with Crippen LogP contribution in [0.1, 0.15) is 132 Å². The number of carboxylic acid groups (broad SMARTS) is 1. The van der Waals surface area contributed by atoms with Gasteiger partial charge in [-0.25, -0.2) is 9.18 Å². The lowest BCUT2D eigenvalue weighted by molar-refractivity contribution is -0.143. The molecule has 16 nitrogen and oxygen atoms in total. The van der Waals surface area contributed by atoms with Crippen LogP contribution in [-0.4, -0.2) is 194 Å². The quantitative estimate of drug-likeness (QED) is 0.0369. The summed E-state index contributed by atoms with van der Waals surface area (Å²) in [5, 5.41) is 10.4. The van der Waals surface area contributed by atoms with Crippen LogP contribution in [0.3, 0.4) is 0 Å². The number of carbonyl (C=O) groups excluding carboxylic acids is 4. The molecule has 2 atom stereocenters. The van der Waals surface area contributed by atoms with E-state index >= 15 is 0 Å².